The second-order valence-corrected chi connectivity index (χ2v) is 3.06. The van der Waals surface area contributed by atoms with Crippen molar-refractivity contribution in [3.05, 3.63) is 46.0 Å². The molecule has 1 amide bonds. The van der Waals surface area contributed by atoms with Crippen LogP contribution in [0.3, 0.4) is 0 Å². The van der Waals surface area contributed by atoms with Crippen LogP contribution in [0.4, 0.5) is 0 Å². The van der Waals surface area contributed by atoms with E-state index in [-0.39, 0.29) is 18.9 Å². The fourth-order valence-electron chi connectivity index (χ4n) is 1.10. The number of rotatable bonds is 5. The lowest BCUT2D eigenvalue weighted by Gasteiger charge is -2.03. The van der Waals surface area contributed by atoms with Gasteiger partial charge in [0.25, 0.3) is 5.91 Å². The standard InChI is InChI=1S/C10H10N2O5/c13-9(17-12(15)16)6-7-11-10(14)8-4-2-1-3-5-8/h1-5H,6-7H2,(H,11,14). The molecule has 0 aliphatic carbocycles. The van der Waals surface area contributed by atoms with Crippen LogP contribution < -0.4 is 5.32 Å². The Morgan fingerprint density at radius 2 is 1.94 bits per heavy atom. The fraction of sp³-hybridized carbons (Fsp3) is 0.200. The molecule has 0 radical (unpaired) electrons. The van der Waals surface area contributed by atoms with E-state index < -0.39 is 11.1 Å². The Labute approximate surface area is 96.5 Å². The summed E-state index contributed by atoms with van der Waals surface area (Å²) in [5, 5.41) is 11.1. The summed E-state index contributed by atoms with van der Waals surface area (Å²) in [4.78, 5) is 35.7. The second kappa shape index (κ2) is 6.21. The summed E-state index contributed by atoms with van der Waals surface area (Å²) >= 11 is 0. The van der Waals surface area contributed by atoms with E-state index in [2.05, 4.69) is 10.2 Å². The van der Waals surface area contributed by atoms with Crippen LogP contribution in [-0.4, -0.2) is 23.5 Å². The summed E-state index contributed by atoms with van der Waals surface area (Å²) in [5.41, 5.74) is 0.454. The molecular formula is C10H10N2O5. The average Bonchev–Trinajstić information content (AvgIpc) is 2.29. The van der Waals surface area contributed by atoms with Gasteiger partial charge in [-0.15, -0.1) is 10.1 Å². The highest BCUT2D eigenvalue weighted by Crippen LogP contribution is 1.97. The molecule has 0 saturated heterocycles. The monoisotopic (exact) mass is 238 g/mol. The second-order valence-electron chi connectivity index (χ2n) is 3.06. The van der Waals surface area contributed by atoms with Crippen molar-refractivity contribution in [1.82, 2.24) is 5.32 Å². The highest BCUT2D eigenvalue weighted by atomic mass is 17.0. The van der Waals surface area contributed by atoms with Crippen molar-refractivity contribution >= 4 is 11.9 Å². The minimum absolute atomic E-state index is 0.0135. The first-order valence-electron chi connectivity index (χ1n) is 4.78. The topological polar surface area (TPSA) is 98.5 Å². The van der Waals surface area contributed by atoms with Gasteiger partial charge in [-0.1, -0.05) is 18.2 Å². The molecule has 90 valence electrons. The molecule has 0 heterocycles. The van der Waals surface area contributed by atoms with Crippen LogP contribution in [0.2, 0.25) is 0 Å². The van der Waals surface area contributed by atoms with E-state index in [1.54, 1.807) is 30.3 Å². The van der Waals surface area contributed by atoms with Gasteiger partial charge in [0, 0.05) is 12.1 Å². The van der Waals surface area contributed by atoms with E-state index in [4.69, 9.17) is 0 Å². The molecule has 0 spiro atoms. The van der Waals surface area contributed by atoms with Crippen molar-refractivity contribution < 1.29 is 19.5 Å². The smallest absolute Gasteiger partial charge is 0.305 e. The van der Waals surface area contributed by atoms with Gasteiger partial charge in [-0.05, 0) is 12.1 Å². The molecule has 1 N–H and O–H groups in total. The summed E-state index contributed by atoms with van der Waals surface area (Å²) in [6, 6.07) is 8.41. The minimum atomic E-state index is -1.18. The van der Waals surface area contributed by atoms with E-state index in [0.29, 0.717) is 5.56 Å². The zero-order valence-corrected chi connectivity index (χ0v) is 8.79. The van der Waals surface area contributed by atoms with E-state index in [1.165, 1.54) is 0 Å². The van der Waals surface area contributed by atoms with E-state index in [9.17, 15) is 19.7 Å². The number of carbonyl (C=O) groups excluding carboxylic acids is 2. The largest absolute Gasteiger partial charge is 0.352 e. The quantitative estimate of drug-likeness (QED) is 0.596. The number of hydrogen-bond acceptors (Lipinski definition) is 5. The third kappa shape index (κ3) is 4.74. The third-order valence-electron chi connectivity index (χ3n) is 1.83. The van der Waals surface area contributed by atoms with Gasteiger partial charge in [0.05, 0.1) is 6.42 Å². The number of carbonyl (C=O) groups is 2. The van der Waals surface area contributed by atoms with Crippen LogP contribution in [-0.2, 0) is 9.63 Å². The third-order valence-corrected chi connectivity index (χ3v) is 1.83. The Hall–Kier alpha value is -2.44. The van der Waals surface area contributed by atoms with Gasteiger partial charge in [0.1, 0.15) is 0 Å². The van der Waals surface area contributed by atoms with Gasteiger partial charge in [-0.2, -0.15) is 0 Å². The summed E-state index contributed by atoms with van der Waals surface area (Å²) in [6.45, 7) is -0.0135. The number of nitrogens with zero attached hydrogens (tertiary/aromatic N) is 1. The van der Waals surface area contributed by atoms with Gasteiger partial charge in [-0.25, -0.2) is 4.84 Å². The van der Waals surface area contributed by atoms with Crippen LogP contribution >= 0.6 is 0 Å². The molecule has 0 bridgehead atoms. The van der Waals surface area contributed by atoms with E-state index >= 15 is 0 Å². The highest BCUT2D eigenvalue weighted by Gasteiger charge is 2.08. The predicted molar refractivity (Wildman–Crippen MR) is 56.5 cm³/mol. The van der Waals surface area contributed by atoms with E-state index in [0.717, 1.165) is 0 Å². The zero-order valence-electron chi connectivity index (χ0n) is 8.79. The maximum atomic E-state index is 11.5. The Bertz CT molecular complexity index is 418. The summed E-state index contributed by atoms with van der Waals surface area (Å²) in [6.07, 6.45) is -0.250. The molecule has 0 atom stereocenters. The highest BCUT2D eigenvalue weighted by molar-refractivity contribution is 5.94. The lowest BCUT2D eigenvalue weighted by molar-refractivity contribution is -0.729. The molecule has 17 heavy (non-hydrogen) atoms. The Morgan fingerprint density at radius 1 is 1.29 bits per heavy atom. The maximum Gasteiger partial charge on any atom is 0.305 e. The first-order chi connectivity index (χ1) is 8.09. The van der Waals surface area contributed by atoms with Gasteiger partial charge < -0.3 is 5.32 Å². The molecule has 1 aromatic rings. The zero-order chi connectivity index (χ0) is 12.7. The number of nitrogens with one attached hydrogen (secondary N) is 1. The number of hydrogen-bond donors (Lipinski definition) is 1. The molecule has 0 aliphatic heterocycles. The average molecular weight is 238 g/mol. The van der Waals surface area contributed by atoms with Crippen molar-refractivity contribution in [2.45, 2.75) is 6.42 Å². The Morgan fingerprint density at radius 3 is 2.53 bits per heavy atom. The number of amides is 1. The van der Waals surface area contributed by atoms with Crippen molar-refractivity contribution in [2.24, 2.45) is 0 Å². The van der Waals surface area contributed by atoms with Gasteiger partial charge in [-0.3, -0.25) is 9.59 Å². The summed E-state index contributed by atoms with van der Waals surface area (Å²) < 4.78 is 0. The van der Waals surface area contributed by atoms with Crippen molar-refractivity contribution in [3.63, 3.8) is 0 Å². The fourth-order valence-corrected chi connectivity index (χ4v) is 1.10. The molecule has 0 fully saturated rings. The molecule has 7 nitrogen and oxygen atoms in total. The van der Waals surface area contributed by atoms with Crippen LogP contribution in [0.5, 0.6) is 0 Å². The first-order valence-corrected chi connectivity index (χ1v) is 4.78. The normalized spacial score (nSPS) is 9.41. The molecule has 7 heteroatoms. The molecular weight excluding hydrogens is 228 g/mol. The van der Waals surface area contributed by atoms with Gasteiger partial charge in [0.15, 0.2) is 0 Å². The maximum absolute atomic E-state index is 11.5. The van der Waals surface area contributed by atoms with Crippen LogP contribution in [0, 0.1) is 10.1 Å². The molecule has 0 aliphatic rings. The summed E-state index contributed by atoms with van der Waals surface area (Å²) in [7, 11) is 0. The molecule has 1 rings (SSSR count). The van der Waals surface area contributed by atoms with Crippen molar-refractivity contribution in [3.8, 4) is 0 Å². The Balaban J connectivity index is 2.30. The Kier molecular flexibility index (Phi) is 4.61. The van der Waals surface area contributed by atoms with Crippen LogP contribution in [0.1, 0.15) is 16.8 Å². The van der Waals surface area contributed by atoms with Crippen LogP contribution in [0.25, 0.3) is 0 Å². The molecule has 0 saturated carbocycles. The van der Waals surface area contributed by atoms with Crippen LogP contribution in [0.15, 0.2) is 30.3 Å². The van der Waals surface area contributed by atoms with E-state index in [1.807, 2.05) is 0 Å². The van der Waals surface area contributed by atoms with Gasteiger partial charge >= 0.3 is 11.1 Å². The molecule has 1 aromatic carbocycles. The SMILES string of the molecule is O=C(CCNC(=O)c1ccccc1)O[N+](=O)[O-]. The lowest BCUT2D eigenvalue weighted by Crippen LogP contribution is -2.26. The van der Waals surface area contributed by atoms with Gasteiger partial charge in [0.2, 0.25) is 0 Å². The molecule has 0 unspecified atom stereocenters. The first kappa shape index (κ1) is 12.6. The lowest BCUT2D eigenvalue weighted by atomic mass is 10.2. The van der Waals surface area contributed by atoms with Crippen molar-refractivity contribution in [2.75, 3.05) is 6.54 Å². The summed E-state index contributed by atoms with van der Waals surface area (Å²) in [5.74, 6) is -1.34. The molecule has 0 aromatic heterocycles. The van der Waals surface area contributed by atoms with Crippen molar-refractivity contribution in [1.29, 1.82) is 0 Å². The predicted octanol–water partition coefficient (Wildman–Crippen LogP) is 0.541. The minimum Gasteiger partial charge on any atom is -0.352 e. The number of benzene rings is 1.